The van der Waals surface area contributed by atoms with E-state index in [2.05, 4.69) is 4.98 Å². The summed E-state index contributed by atoms with van der Waals surface area (Å²) in [5.41, 5.74) is 0.491. The lowest BCUT2D eigenvalue weighted by Gasteiger charge is -2.20. The first-order valence-electron chi connectivity index (χ1n) is 4.02. The number of fused-ring (bicyclic) bond motifs is 1. The third-order valence-electron chi connectivity index (χ3n) is 1.90. The van der Waals surface area contributed by atoms with Crippen LogP contribution < -0.4 is 4.74 Å². The second-order valence-corrected chi connectivity index (χ2v) is 3.50. The zero-order valence-electron chi connectivity index (χ0n) is 7.08. The molecule has 3 nitrogen and oxygen atoms in total. The van der Waals surface area contributed by atoms with Gasteiger partial charge >= 0.3 is 0 Å². The zero-order chi connectivity index (χ0) is 9.42. The number of carbonyl (C=O) groups excluding carboxylic acids is 1. The van der Waals surface area contributed by atoms with Gasteiger partial charge < -0.3 is 4.74 Å². The third-order valence-corrected chi connectivity index (χ3v) is 2.11. The molecule has 0 saturated heterocycles. The second-order valence-electron chi connectivity index (χ2n) is 3.06. The molecular weight excluding hydrogens is 190 g/mol. The van der Waals surface area contributed by atoms with Crippen LogP contribution in [0.3, 0.4) is 0 Å². The SMILES string of the molecule is CC1CC(=O)c2cc(Cl)cnc2O1. The molecular formula is C9H8ClNO2. The lowest BCUT2D eigenvalue weighted by molar-refractivity contribution is 0.0862. The van der Waals surface area contributed by atoms with Crippen LogP contribution in [-0.2, 0) is 0 Å². The quantitative estimate of drug-likeness (QED) is 0.639. The number of aromatic nitrogens is 1. The van der Waals surface area contributed by atoms with Crippen molar-refractivity contribution in [2.75, 3.05) is 0 Å². The van der Waals surface area contributed by atoms with Gasteiger partial charge in [-0.3, -0.25) is 4.79 Å². The van der Waals surface area contributed by atoms with E-state index in [4.69, 9.17) is 16.3 Å². The molecule has 1 aliphatic rings. The van der Waals surface area contributed by atoms with Crippen LogP contribution in [0.15, 0.2) is 12.3 Å². The lowest BCUT2D eigenvalue weighted by Crippen LogP contribution is -2.24. The summed E-state index contributed by atoms with van der Waals surface area (Å²) in [7, 11) is 0. The van der Waals surface area contributed by atoms with Crippen molar-refractivity contribution in [3.8, 4) is 5.88 Å². The van der Waals surface area contributed by atoms with Gasteiger partial charge in [0.15, 0.2) is 5.78 Å². The van der Waals surface area contributed by atoms with Gasteiger partial charge in [-0.15, -0.1) is 0 Å². The molecule has 1 atom stereocenters. The smallest absolute Gasteiger partial charge is 0.224 e. The highest BCUT2D eigenvalue weighted by atomic mass is 35.5. The molecule has 0 bridgehead atoms. The van der Waals surface area contributed by atoms with Crippen molar-refractivity contribution >= 4 is 17.4 Å². The van der Waals surface area contributed by atoms with Gasteiger partial charge in [-0.2, -0.15) is 0 Å². The maximum atomic E-state index is 11.5. The van der Waals surface area contributed by atoms with E-state index >= 15 is 0 Å². The normalized spacial score (nSPS) is 20.8. The maximum Gasteiger partial charge on any atom is 0.224 e. The van der Waals surface area contributed by atoms with Gasteiger partial charge in [-0.1, -0.05) is 11.6 Å². The Morgan fingerprint density at radius 3 is 3.23 bits per heavy atom. The molecule has 68 valence electrons. The third kappa shape index (κ3) is 1.52. The summed E-state index contributed by atoms with van der Waals surface area (Å²) in [5.74, 6) is 0.442. The molecule has 0 amide bonds. The van der Waals surface area contributed by atoms with E-state index in [-0.39, 0.29) is 11.9 Å². The highest BCUT2D eigenvalue weighted by Crippen LogP contribution is 2.26. The summed E-state index contributed by atoms with van der Waals surface area (Å²) in [6.45, 7) is 1.84. The topological polar surface area (TPSA) is 39.2 Å². The number of nitrogens with zero attached hydrogens (tertiary/aromatic N) is 1. The Morgan fingerprint density at radius 1 is 1.69 bits per heavy atom. The fourth-order valence-electron chi connectivity index (χ4n) is 1.32. The highest BCUT2D eigenvalue weighted by molar-refractivity contribution is 6.30. The van der Waals surface area contributed by atoms with Gasteiger partial charge in [0.25, 0.3) is 0 Å². The van der Waals surface area contributed by atoms with Gasteiger partial charge in [-0.05, 0) is 13.0 Å². The molecule has 1 aromatic rings. The van der Waals surface area contributed by atoms with Crippen LogP contribution in [0.5, 0.6) is 5.88 Å². The Bertz CT molecular complexity index is 365. The molecule has 4 heteroatoms. The first-order valence-corrected chi connectivity index (χ1v) is 4.40. The summed E-state index contributed by atoms with van der Waals surface area (Å²) >= 11 is 5.71. The first kappa shape index (κ1) is 8.51. The van der Waals surface area contributed by atoms with Crippen molar-refractivity contribution in [2.24, 2.45) is 0 Å². The molecule has 0 fully saturated rings. The standard InChI is InChI=1S/C9H8ClNO2/c1-5-2-8(12)7-3-6(10)4-11-9(7)13-5/h3-5H,2H2,1H3. The van der Waals surface area contributed by atoms with Crippen molar-refractivity contribution in [1.82, 2.24) is 4.98 Å². The van der Waals surface area contributed by atoms with E-state index in [1.807, 2.05) is 6.92 Å². The Balaban J connectivity index is 2.49. The molecule has 1 unspecified atom stereocenters. The summed E-state index contributed by atoms with van der Waals surface area (Å²) < 4.78 is 5.37. The number of ketones is 1. The molecule has 0 spiro atoms. The number of hydrogen-bond donors (Lipinski definition) is 0. The van der Waals surface area contributed by atoms with Gasteiger partial charge in [0.2, 0.25) is 5.88 Å². The lowest BCUT2D eigenvalue weighted by atomic mass is 10.0. The van der Waals surface area contributed by atoms with E-state index in [9.17, 15) is 4.79 Å². The molecule has 0 radical (unpaired) electrons. The average molecular weight is 198 g/mol. The summed E-state index contributed by atoms with van der Waals surface area (Å²) in [5, 5.41) is 0.463. The van der Waals surface area contributed by atoms with Crippen LogP contribution in [0.4, 0.5) is 0 Å². The fourth-order valence-corrected chi connectivity index (χ4v) is 1.48. The van der Waals surface area contributed by atoms with Crippen LogP contribution in [0.1, 0.15) is 23.7 Å². The number of ether oxygens (including phenoxy) is 1. The number of halogens is 1. The van der Waals surface area contributed by atoms with Gasteiger partial charge in [0, 0.05) is 12.6 Å². The van der Waals surface area contributed by atoms with Crippen LogP contribution in [0, 0.1) is 0 Å². The van der Waals surface area contributed by atoms with Gasteiger partial charge in [0.05, 0.1) is 10.6 Å². The monoisotopic (exact) mass is 197 g/mol. The number of pyridine rings is 1. The van der Waals surface area contributed by atoms with Crippen molar-refractivity contribution in [3.63, 3.8) is 0 Å². The minimum atomic E-state index is -0.0892. The largest absolute Gasteiger partial charge is 0.474 e. The van der Waals surface area contributed by atoms with Crippen molar-refractivity contribution in [2.45, 2.75) is 19.4 Å². The predicted molar refractivity (Wildman–Crippen MR) is 48.3 cm³/mol. The predicted octanol–water partition coefficient (Wildman–Crippen LogP) is 2.09. The number of rotatable bonds is 0. The van der Waals surface area contributed by atoms with Crippen molar-refractivity contribution in [1.29, 1.82) is 0 Å². The Morgan fingerprint density at radius 2 is 2.46 bits per heavy atom. The van der Waals surface area contributed by atoms with Crippen molar-refractivity contribution < 1.29 is 9.53 Å². The summed E-state index contributed by atoms with van der Waals surface area (Å²) in [6.07, 6.45) is 1.79. The summed E-state index contributed by atoms with van der Waals surface area (Å²) in [6, 6.07) is 1.60. The molecule has 0 aliphatic carbocycles. The Labute approximate surface area is 80.7 Å². The number of Topliss-reactive ketones (excluding diaryl/α,β-unsaturated/α-hetero) is 1. The Hall–Kier alpha value is -1.09. The first-order chi connectivity index (χ1) is 6.16. The highest BCUT2D eigenvalue weighted by Gasteiger charge is 2.24. The van der Waals surface area contributed by atoms with Crippen LogP contribution in [0.2, 0.25) is 5.02 Å². The molecule has 1 aromatic heterocycles. The molecule has 13 heavy (non-hydrogen) atoms. The molecule has 2 heterocycles. The fraction of sp³-hybridized carbons (Fsp3) is 0.333. The van der Waals surface area contributed by atoms with Crippen LogP contribution in [0.25, 0.3) is 0 Å². The van der Waals surface area contributed by atoms with Crippen LogP contribution in [-0.4, -0.2) is 16.9 Å². The Kier molecular flexibility index (Phi) is 1.96. The van der Waals surface area contributed by atoms with E-state index in [1.165, 1.54) is 6.20 Å². The number of hydrogen-bond acceptors (Lipinski definition) is 3. The van der Waals surface area contributed by atoms with E-state index in [0.717, 1.165) is 0 Å². The summed E-state index contributed by atoms with van der Waals surface area (Å²) in [4.78, 5) is 15.4. The molecule has 2 rings (SSSR count). The van der Waals surface area contributed by atoms with Gasteiger partial charge in [0.1, 0.15) is 6.10 Å². The number of carbonyl (C=O) groups is 1. The molecule has 1 aliphatic heterocycles. The van der Waals surface area contributed by atoms with E-state index in [1.54, 1.807) is 6.07 Å². The minimum absolute atomic E-state index is 0.0451. The van der Waals surface area contributed by atoms with E-state index < -0.39 is 0 Å². The average Bonchev–Trinajstić information content (AvgIpc) is 2.06. The minimum Gasteiger partial charge on any atom is -0.474 e. The van der Waals surface area contributed by atoms with E-state index in [0.29, 0.717) is 22.9 Å². The second kappa shape index (κ2) is 3.00. The molecule has 0 saturated carbocycles. The van der Waals surface area contributed by atoms with Crippen LogP contribution >= 0.6 is 11.6 Å². The van der Waals surface area contributed by atoms with Crippen molar-refractivity contribution in [3.05, 3.63) is 22.8 Å². The molecule has 0 aromatic carbocycles. The van der Waals surface area contributed by atoms with Gasteiger partial charge in [-0.25, -0.2) is 4.98 Å². The maximum absolute atomic E-state index is 11.5. The molecule has 0 N–H and O–H groups in total. The zero-order valence-corrected chi connectivity index (χ0v) is 7.84.